The lowest BCUT2D eigenvalue weighted by molar-refractivity contribution is -0.587. The van der Waals surface area contributed by atoms with Crippen LogP contribution in [0.3, 0.4) is 0 Å². The maximum absolute atomic E-state index is 9.60. The first-order valence-corrected chi connectivity index (χ1v) is 3.60. The van der Waals surface area contributed by atoms with Crippen LogP contribution in [0, 0.1) is 15.3 Å². The highest BCUT2D eigenvalue weighted by Crippen LogP contribution is 1.71. The Balaban J connectivity index is -0.000000200. The van der Waals surface area contributed by atoms with Crippen molar-refractivity contribution >= 4 is 11.9 Å². The van der Waals surface area contributed by atoms with E-state index in [2.05, 4.69) is 0 Å². The molecule has 0 rings (SSSR count). The first kappa shape index (κ1) is 19.5. The number of rotatable bonds is 5. The molecule has 0 spiro atoms. The van der Waals surface area contributed by atoms with Crippen LogP contribution < -0.4 is 5.48 Å². The predicted octanol–water partition coefficient (Wildman–Crippen LogP) is -2.44. The number of aliphatic carboxylic acids is 2. The Morgan fingerprint density at radius 3 is 2.00 bits per heavy atom. The van der Waals surface area contributed by atoms with Crippen molar-refractivity contribution in [1.82, 2.24) is 0 Å². The van der Waals surface area contributed by atoms with Crippen molar-refractivity contribution in [2.75, 3.05) is 6.54 Å². The standard InChI is InChI=1S/C3H3NO4.C3H7NO3.H2O/c5-3(6)1-2-4(7)8;5-3(6)1-2-4-7;/h1-2H,(H,5,6);1-2,4H2,(H,5,6);1H2/b2-1+;;. The molecular formula is C6H12N2O8. The Kier molecular flexibility index (Phi) is 15.8. The molecule has 0 aromatic rings. The van der Waals surface area contributed by atoms with Crippen molar-refractivity contribution in [3.05, 3.63) is 27.6 Å². The molecule has 0 aromatic carbocycles. The topological polar surface area (TPSA) is 189 Å². The van der Waals surface area contributed by atoms with E-state index in [1.807, 2.05) is 0 Å². The molecule has 16 heavy (non-hydrogen) atoms. The highest BCUT2D eigenvalue weighted by Gasteiger charge is 1.92. The van der Waals surface area contributed by atoms with Crippen LogP contribution in [-0.2, 0) is 9.59 Å². The summed E-state index contributed by atoms with van der Waals surface area (Å²) in [5, 5.41) is 34.5. The molecule has 94 valence electrons. The molecule has 0 amide bonds. The quantitative estimate of drug-likeness (QED) is 0.270. The molecule has 0 radical (unpaired) electrons. The Morgan fingerprint density at radius 2 is 1.88 bits per heavy atom. The molecule has 0 aromatic heterocycles. The van der Waals surface area contributed by atoms with Gasteiger partial charge >= 0.3 is 11.9 Å². The molecule has 0 aliphatic heterocycles. The molecule has 0 saturated heterocycles. The number of hydroxylamine groups is 1. The van der Waals surface area contributed by atoms with Crippen LogP contribution in [0.2, 0.25) is 0 Å². The van der Waals surface area contributed by atoms with E-state index < -0.39 is 16.9 Å². The van der Waals surface area contributed by atoms with Crippen molar-refractivity contribution in [2.24, 2.45) is 0 Å². The third-order valence-corrected chi connectivity index (χ3v) is 0.815. The van der Waals surface area contributed by atoms with Gasteiger partial charge in [0.2, 0.25) is 6.20 Å². The molecular weight excluding hydrogens is 228 g/mol. The predicted molar refractivity (Wildman–Crippen MR) is 49.8 cm³/mol. The van der Waals surface area contributed by atoms with Gasteiger partial charge in [0.05, 0.1) is 24.0 Å². The zero-order valence-electron chi connectivity index (χ0n) is 8.03. The molecule has 0 fully saturated rings. The van der Waals surface area contributed by atoms with Gasteiger partial charge in [-0.15, -0.1) is 0 Å². The van der Waals surface area contributed by atoms with E-state index in [1.165, 1.54) is 0 Å². The zero-order chi connectivity index (χ0) is 12.3. The average molecular weight is 240 g/mol. The molecule has 10 heteroatoms. The molecule has 0 bridgehead atoms. The van der Waals surface area contributed by atoms with Crippen LogP contribution in [-0.4, -0.2) is 39.1 Å². The van der Waals surface area contributed by atoms with Gasteiger partial charge in [-0.25, -0.2) is 4.79 Å². The third-order valence-electron chi connectivity index (χ3n) is 0.815. The van der Waals surface area contributed by atoms with Crippen molar-refractivity contribution < 1.29 is 35.7 Å². The summed E-state index contributed by atoms with van der Waals surface area (Å²) >= 11 is 0. The van der Waals surface area contributed by atoms with Crippen LogP contribution in [0.15, 0.2) is 12.3 Å². The molecule has 0 aliphatic carbocycles. The molecule has 6 N–H and O–H groups in total. The van der Waals surface area contributed by atoms with Crippen LogP contribution in [0.5, 0.6) is 0 Å². The number of carboxylic acids is 2. The van der Waals surface area contributed by atoms with Crippen LogP contribution in [0.25, 0.3) is 0 Å². The minimum atomic E-state index is -1.32. The first-order chi connectivity index (χ1) is 6.90. The molecule has 0 aliphatic rings. The fraction of sp³-hybridized carbons (Fsp3) is 0.333. The average Bonchev–Trinajstić information content (AvgIpc) is 2.12. The summed E-state index contributed by atoms with van der Waals surface area (Å²) in [4.78, 5) is 27.6. The van der Waals surface area contributed by atoms with E-state index in [0.29, 0.717) is 17.8 Å². The van der Waals surface area contributed by atoms with Crippen LogP contribution >= 0.6 is 0 Å². The normalized spacial score (nSPS) is 8.56. The Morgan fingerprint density at radius 1 is 1.38 bits per heavy atom. The van der Waals surface area contributed by atoms with Gasteiger partial charge in [0, 0.05) is 0 Å². The number of quaternary nitrogens is 1. The number of nitro groups is 1. The maximum Gasteiger partial charge on any atom is 0.334 e. The van der Waals surface area contributed by atoms with Crippen molar-refractivity contribution in [2.45, 2.75) is 6.42 Å². The minimum Gasteiger partial charge on any atom is -0.636 e. The third kappa shape index (κ3) is 29.7. The second-order valence-electron chi connectivity index (χ2n) is 2.04. The summed E-state index contributed by atoms with van der Waals surface area (Å²) < 4.78 is 0. The molecule has 0 saturated carbocycles. The fourth-order valence-corrected chi connectivity index (χ4v) is 0.307. The van der Waals surface area contributed by atoms with E-state index in [-0.39, 0.29) is 18.4 Å². The zero-order valence-corrected chi connectivity index (χ0v) is 8.03. The highest BCUT2D eigenvalue weighted by atomic mass is 16.6. The lowest BCUT2D eigenvalue weighted by Gasteiger charge is -1.95. The van der Waals surface area contributed by atoms with Crippen LogP contribution in [0.1, 0.15) is 6.42 Å². The summed E-state index contributed by atoms with van der Waals surface area (Å²) in [6.45, 7) is 0.120. The van der Waals surface area contributed by atoms with Gasteiger partial charge in [0.1, 0.15) is 0 Å². The van der Waals surface area contributed by atoms with E-state index in [1.54, 1.807) is 0 Å². The van der Waals surface area contributed by atoms with Gasteiger partial charge in [-0.3, -0.25) is 14.9 Å². The van der Waals surface area contributed by atoms with E-state index in [0.717, 1.165) is 0 Å². The summed E-state index contributed by atoms with van der Waals surface area (Å²) in [6, 6.07) is 0. The summed E-state index contributed by atoms with van der Waals surface area (Å²) in [5.41, 5.74) is 0.591. The smallest absolute Gasteiger partial charge is 0.334 e. The fourth-order valence-electron chi connectivity index (χ4n) is 0.307. The largest absolute Gasteiger partial charge is 0.636 e. The number of hydrogen-bond donors (Lipinski definition) is 3. The van der Waals surface area contributed by atoms with Gasteiger partial charge in [0.15, 0.2) is 0 Å². The van der Waals surface area contributed by atoms with Gasteiger partial charge < -0.3 is 26.4 Å². The Hall–Kier alpha value is -2.04. The van der Waals surface area contributed by atoms with Gasteiger partial charge in [-0.1, -0.05) is 0 Å². The lowest BCUT2D eigenvalue weighted by Crippen LogP contribution is -2.77. The molecule has 0 unspecified atom stereocenters. The SMILES string of the molecule is O.O=C(O)/C=C/[N+](=O)[O-].O=C(O)CC[NH2+][O-]. The summed E-state index contributed by atoms with van der Waals surface area (Å²) in [6.07, 6.45) is 0.770. The number of hydrogen-bond acceptors (Lipinski definition) is 5. The summed E-state index contributed by atoms with van der Waals surface area (Å²) in [7, 11) is 0. The highest BCUT2D eigenvalue weighted by molar-refractivity contribution is 5.79. The van der Waals surface area contributed by atoms with Crippen molar-refractivity contribution in [3.63, 3.8) is 0 Å². The van der Waals surface area contributed by atoms with E-state index in [9.17, 15) is 24.9 Å². The number of carbonyl (C=O) groups is 2. The van der Waals surface area contributed by atoms with Gasteiger partial charge in [-0.05, 0) is 0 Å². The Labute approximate surface area is 89.2 Å². The summed E-state index contributed by atoms with van der Waals surface area (Å²) in [5.74, 6) is -2.24. The molecule has 0 atom stereocenters. The van der Waals surface area contributed by atoms with E-state index in [4.69, 9.17) is 10.2 Å². The van der Waals surface area contributed by atoms with Crippen molar-refractivity contribution in [1.29, 1.82) is 0 Å². The number of nitrogens with zero attached hydrogens (tertiary/aromatic N) is 1. The second-order valence-corrected chi connectivity index (χ2v) is 2.04. The van der Waals surface area contributed by atoms with Crippen LogP contribution in [0.4, 0.5) is 0 Å². The lowest BCUT2D eigenvalue weighted by atomic mass is 10.4. The van der Waals surface area contributed by atoms with Gasteiger partial charge in [0.25, 0.3) is 0 Å². The van der Waals surface area contributed by atoms with Gasteiger partial charge in [-0.2, -0.15) is 0 Å². The Bertz CT molecular complexity index is 235. The molecule has 10 nitrogen and oxygen atoms in total. The minimum absolute atomic E-state index is 0. The van der Waals surface area contributed by atoms with Crippen molar-refractivity contribution in [3.8, 4) is 0 Å². The monoisotopic (exact) mass is 240 g/mol. The molecule has 0 heterocycles. The first-order valence-electron chi connectivity index (χ1n) is 3.60. The number of nitrogens with two attached hydrogens (primary N) is 1. The number of carboxylic acid groups (broad SMARTS) is 2. The second kappa shape index (κ2) is 13.0. The van der Waals surface area contributed by atoms with E-state index >= 15 is 0 Å². The maximum atomic E-state index is 9.60.